The van der Waals surface area contributed by atoms with Crippen LogP contribution in [0.15, 0.2) is 48.5 Å². The van der Waals surface area contributed by atoms with Crippen molar-refractivity contribution in [3.63, 3.8) is 0 Å². The molecule has 4 atom stereocenters. The highest BCUT2D eigenvalue weighted by Crippen LogP contribution is 2.44. The Kier molecular flexibility index (Phi) is 7.13. The zero-order valence-corrected chi connectivity index (χ0v) is 20.1. The standard InChI is InChI=1S/C25H28N2O6S/c1-14(32-3)22(23(28)27-15(2)34-13-21(27)24(29)30)26-25(31)33-12-20-18-10-6-4-8-16(18)17-9-5-7-11-19(17)20/h4-11,14-15,20-22H,12-13H2,1-3H3,(H,26,31)(H,29,30). The Morgan fingerprint density at radius 2 is 1.71 bits per heavy atom. The summed E-state index contributed by atoms with van der Waals surface area (Å²) in [6.07, 6.45) is -1.43. The van der Waals surface area contributed by atoms with E-state index in [9.17, 15) is 19.5 Å². The van der Waals surface area contributed by atoms with Crippen LogP contribution in [0.3, 0.4) is 0 Å². The number of nitrogens with zero attached hydrogens (tertiary/aromatic N) is 1. The third kappa shape index (κ3) is 4.50. The van der Waals surface area contributed by atoms with Crippen molar-refractivity contribution in [3.8, 4) is 11.1 Å². The van der Waals surface area contributed by atoms with Crippen molar-refractivity contribution in [1.29, 1.82) is 0 Å². The van der Waals surface area contributed by atoms with Crippen LogP contribution in [-0.4, -0.2) is 71.0 Å². The number of carboxylic acids is 1. The average Bonchev–Trinajstić information content (AvgIpc) is 3.38. The van der Waals surface area contributed by atoms with Crippen LogP contribution in [-0.2, 0) is 19.1 Å². The second-order valence-corrected chi connectivity index (χ2v) is 9.77. The first-order valence-corrected chi connectivity index (χ1v) is 12.2. The molecule has 2 amide bonds. The summed E-state index contributed by atoms with van der Waals surface area (Å²) >= 11 is 1.38. The zero-order valence-electron chi connectivity index (χ0n) is 19.3. The fraction of sp³-hybridized carbons (Fsp3) is 0.400. The van der Waals surface area contributed by atoms with E-state index in [-0.39, 0.29) is 17.9 Å². The summed E-state index contributed by atoms with van der Waals surface area (Å²) in [5.41, 5.74) is 4.41. The molecule has 1 aliphatic carbocycles. The van der Waals surface area contributed by atoms with Gasteiger partial charge in [-0.15, -0.1) is 11.8 Å². The molecule has 2 aliphatic rings. The molecule has 2 N–H and O–H groups in total. The lowest BCUT2D eigenvalue weighted by Crippen LogP contribution is -2.58. The van der Waals surface area contributed by atoms with Crippen molar-refractivity contribution in [2.45, 2.75) is 43.3 Å². The largest absolute Gasteiger partial charge is 0.480 e. The number of fused-ring (bicyclic) bond motifs is 3. The van der Waals surface area contributed by atoms with E-state index < -0.39 is 36.2 Å². The van der Waals surface area contributed by atoms with Crippen molar-refractivity contribution in [1.82, 2.24) is 10.2 Å². The molecule has 34 heavy (non-hydrogen) atoms. The number of hydrogen-bond donors (Lipinski definition) is 2. The third-order valence-electron chi connectivity index (χ3n) is 6.49. The summed E-state index contributed by atoms with van der Waals surface area (Å²) in [6.45, 7) is 3.53. The second-order valence-electron chi connectivity index (χ2n) is 8.42. The molecule has 0 radical (unpaired) electrons. The third-order valence-corrected chi connectivity index (χ3v) is 7.70. The predicted molar refractivity (Wildman–Crippen MR) is 129 cm³/mol. The van der Waals surface area contributed by atoms with Crippen LogP contribution in [0, 0.1) is 0 Å². The van der Waals surface area contributed by atoms with Gasteiger partial charge >= 0.3 is 12.1 Å². The minimum absolute atomic E-state index is 0.107. The molecule has 2 aromatic carbocycles. The number of methoxy groups -OCH3 is 1. The highest BCUT2D eigenvalue weighted by molar-refractivity contribution is 8.00. The molecule has 1 aliphatic heterocycles. The zero-order chi connectivity index (χ0) is 24.4. The summed E-state index contributed by atoms with van der Waals surface area (Å²) in [7, 11) is 1.43. The number of carboxylic acid groups (broad SMARTS) is 1. The molecule has 1 heterocycles. The molecule has 1 fully saturated rings. The van der Waals surface area contributed by atoms with Gasteiger partial charge in [-0.05, 0) is 36.1 Å². The van der Waals surface area contributed by atoms with E-state index in [4.69, 9.17) is 9.47 Å². The maximum absolute atomic E-state index is 13.3. The molecule has 9 heteroatoms. The summed E-state index contributed by atoms with van der Waals surface area (Å²) in [5.74, 6) is -1.40. The number of rotatable bonds is 7. The maximum atomic E-state index is 13.3. The van der Waals surface area contributed by atoms with Crippen molar-refractivity contribution in [2.75, 3.05) is 19.5 Å². The monoisotopic (exact) mass is 484 g/mol. The van der Waals surface area contributed by atoms with Crippen molar-refractivity contribution in [2.24, 2.45) is 0 Å². The molecule has 0 bridgehead atoms. The van der Waals surface area contributed by atoms with Crippen LogP contribution in [0.25, 0.3) is 11.1 Å². The lowest BCUT2D eigenvalue weighted by Gasteiger charge is -2.31. The number of alkyl carbamates (subject to hydrolysis) is 1. The van der Waals surface area contributed by atoms with Gasteiger partial charge in [0.2, 0.25) is 5.91 Å². The summed E-state index contributed by atoms with van der Waals surface area (Å²) in [6, 6.07) is 14.0. The van der Waals surface area contributed by atoms with Crippen LogP contribution in [0.5, 0.6) is 0 Å². The molecular formula is C25H28N2O6S. The highest BCUT2D eigenvalue weighted by atomic mass is 32.2. The van der Waals surface area contributed by atoms with Gasteiger partial charge in [-0.2, -0.15) is 0 Å². The smallest absolute Gasteiger partial charge is 0.407 e. The molecule has 0 aromatic heterocycles. The SMILES string of the molecule is COC(C)C(NC(=O)OCC1c2ccccc2-c2ccccc21)C(=O)N1C(C)SCC1C(=O)O. The maximum Gasteiger partial charge on any atom is 0.407 e. The Balaban J connectivity index is 1.47. The van der Waals surface area contributed by atoms with Crippen LogP contribution >= 0.6 is 11.8 Å². The molecule has 4 rings (SSSR count). The topological polar surface area (TPSA) is 105 Å². The summed E-state index contributed by atoms with van der Waals surface area (Å²) in [5, 5.41) is 11.8. The fourth-order valence-corrected chi connectivity index (χ4v) is 5.79. The Morgan fingerprint density at radius 1 is 1.12 bits per heavy atom. The highest BCUT2D eigenvalue weighted by Gasteiger charge is 2.44. The summed E-state index contributed by atoms with van der Waals surface area (Å²) < 4.78 is 10.9. The van der Waals surface area contributed by atoms with Gasteiger partial charge < -0.3 is 24.8 Å². The van der Waals surface area contributed by atoms with Gasteiger partial charge in [0.25, 0.3) is 0 Å². The van der Waals surface area contributed by atoms with Gasteiger partial charge in [-0.1, -0.05) is 48.5 Å². The van der Waals surface area contributed by atoms with E-state index in [2.05, 4.69) is 17.4 Å². The van der Waals surface area contributed by atoms with Crippen LogP contribution < -0.4 is 5.32 Å². The van der Waals surface area contributed by atoms with Crippen molar-refractivity contribution < 1.29 is 29.0 Å². The first kappa shape index (κ1) is 24.1. The predicted octanol–water partition coefficient (Wildman–Crippen LogP) is 3.30. The lowest BCUT2D eigenvalue weighted by atomic mass is 9.98. The average molecular weight is 485 g/mol. The Hall–Kier alpha value is -3.04. The van der Waals surface area contributed by atoms with E-state index in [1.54, 1.807) is 13.8 Å². The molecule has 1 saturated heterocycles. The Morgan fingerprint density at radius 3 is 2.26 bits per heavy atom. The van der Waals surface area contributed by atoms with Gasteiger partial charge in [0.15, 0.2) is 0 Å². The van der Waals surface area contributed by atoms with Crippen molar-refractivity contribution >= 4 is 29.7 Å². The van der Waals surface area contributed by atoms with Crippen LogP contribution in [0.2, 0.25) is 0 Å². The first-order valence-electron chi connectivity index (χ1n) is 11.1. The molecule has 4 unspecified atom stereocenters. The van der Waals surface area contributed by atoms with E-state index in [0.717, 1.165) is 22.3 Å². The first-order chi connectivity index (χ1) is 16.3. The van der Waals surface area contributed by atoms with Gasteiger partial charge in [-0.25, -0.2) is 9.59 Å². The number of carbonyl (C=O) groups is 3. The number of amides is 2. The second kappa shape index (κ2) is 10.1. The van der Waals surface area contributed by atoms with E-state index >= 15 is 0 Å². The number of thioether (sulfide) groups is 1. The molecule has 2 aromatic rings. The molecule has 0 saturated carbocycles. The van der Waals surface area contributed by atoms with Gasteiger partial charge in [0, 0.05) is 18.8 Å². The molecule has 180 valence electrons. The van der Waals surface area contributed by atoms with Crippen molar-refractivity contribution in [3.05, 3.63) is 59.7 Å². The Bertz CT molecular complexity index is 1050. The minimum atomic E-state index is -1.08. The molecule has 0 spiro atoms. The number of aliphatic carboxylic acids is 1. The minimum Gasteiger partial charge on any atom is -0.480 e. The van der Waals surface area contributed by atoms with E-state index in [0.29, 0.717) is 5.75 Å². The number of ether oxygens (including phenoxy) is 2. The number of benzene rings is 2. The van der Waals surface area contributed by atoms with E-state index in [1.807, 2.05) is 36.4 Å². The van der Waals surface area contributed by atoms with Gasteiger partial charge in [0.1, 0.15) is 18.7 Å². The lowest BCUT2D eigenvalue weighted by molar-refractivity contribution is -0.151. The fourth-order valence-electron chi connectivity index (χ4n) is 4.61. The normalized spacial score (nSPS) is 20.9. The molecular weight excluding hydrogens is 456 g/mol. The number of hydrogen-bond acceptors (Lipinski definition) is 6. The Labute approximate surface area is 202 Å². The molecule has 8 nitrogen and oxygen atoms in total. The van der Waals surface area contributed by atoms with Crippen LogP contribution in [0.1, 0.15) is 30.9 Å². The summed E-state index contributed by atoms with van der Waals surface area (Å²) in [4.78, 5) is 39.0. The van der Waals surface area contributed by atoms with Crippen LogP contribution in [0.4, 0.5) is 4.79 Å². The number of nitrogens with one attached hydrogen (secondary N) is 1. The van der Waals surface area contributed by atoms with E-state index in [1.165, 1.54) is 23.8 Å². The van der Waals surface area contributed by atoms with Gasteiger partial charge in [-0.3, -0.25) is 4.79 Å². The number of carbonyl (C=O) groups excluding carboxylic acids is 2. The van der Waals surface area contributed by atoms with Gasteiger partial charge in [0.05, 0.1) is 11.5 Å². The quantitative estimate of drug-likeness (QED) is 0.621.